The molecule has 3 heterocycles. The van der Waals surface area contributed by atoms with Crippen LogP contribution in [0.2, 0.25) is 0 Å². The highest BCUT2D eigenvalue weighted by Crippen LogP contribution is 2.39. The fourth-order valence-corrected chi connectivity index (χ4v) is 7.01. The highest BCUT2D eigenvalue weighted by Gasteiger charge is 2.19. The molecule has 71 heavy (non-hydrogen) atoms. The number of aldehydes is 3. The molecule has 3 aromatic heterocycles. The van der Waals surface area contributed by atoms with Crippen LogP contribution in [-0.2, 0) is 24.4 Å². The van der Waals surface area contributed by atoms with E-state index in [-0.39, 0.29) is 6.61 Å². The molecule has 0 aliphatic rings. The third-order valence-corrected chi connectivity index (χ3v) is 10.0. The van der Waals surface area contributed by atoms with Gasteiger partial charge in [-0.25, -0.2) is 4.98 Å². The van der Waals surface area contributed by atoms with Crippen LogP contribution in [0.4, 0.5) is 23.0 Å². The fourth-order valence-electron chi connectivity index (χ4n) is 7.01. The zero-order valence-electron chi connectivity index (χ0n) is 41.8. The third-order valence-electron chi connectivity index (χ3n) is 10.0. The number of hydrogen-bond acceptors (Lipinski definition) is 17. The highest BCUT2D eigenvalue weighted by molar-refractivity contribution is 6.33. The number of anilines is 3. The fraction of sp³-hybridized carbons (Fsp3) is 0.300. The van der Waals surface area contributed by atoms with Gasteiger partial charge in [-0.1, -0.05) is 18.2 Å². The van der Waals surface area contributed by atoms with Gasteiger partial charge in [-0.15, -0.1) is 0 Å². The summed E-state index contributed by atoms with van der Waals surface area (Å²) in [5, 5.41) is 15.8. The summed E-state index contributed by atoms with van der Waals surface area (Å²) in [7, 11) is 6.67. The predicted octanol–water partition coefficient (Wildman–Crippen LogP) is 5.24. The SMILES string of the molecule is C=Nc1cc(C=O)cc(OC)c1N(C/C=C/Cn1c(NC)nc2cc(C(N)=O)cc(OC/C=C/Cn3ncc4cc(N)ccc43)c21)CNC.CCN=C(C=O)/C=C(/C)N.CCn1nc(C)cc1C=O.CN. The van der Waals surface area contributed by atoms with Gasteiger partial charge < -0.3 is 52.5 Å². The van der Waals surface area contributed by atoms with Gasteiger partial charge in [-0.3, -0.25) is 38.5 Å². The van der Waals surface area contributed by atoms with Gasteiger partial charge in [0, 0.05) is 61.1 Å². The number of benzene rings is 3. The lowest BCUT2D eigenvalue weighted by Crippen LogP contribution is -2.32. The van der Waals surface area contributed by atoms with E-state index in [0.717, 1.165) is 35.7 Å². The Hall–Kier alpha value is -8.43. The standard InChI is InChI=1S/C35H40N10O4.C7H10N2O.C7H12N2O.CH5N/c1-38-22-43(32-27(39-2)15-23(21-46)16-30(32)48-4)11-5-6-12-44-33-28(42-35(44)40-3)18-24(34(37)47)19-31(33)49-14-8-7-13-45-29-10-9-26(36)17-25(29)20-41-45;1-3-9-7(5-10)4-6(2)8-9;1-3-9-7(5-10)4-6(2)8;1-2/h5-10,15-21,38H,2,11-14,22,36H2,1,3-4H3,(H2,37,47)(H,40,42);4-5H,3H2,1-2H3;4-5H,3,8H2,1-2H3;2H2,1H3/b6-5+,8-7+;;6-4-,9-7?;. The molecule has 1 amide bonds. The molecule has 6 aromatic rings. The first-order valence-corrected chi connectivity index (χ1v) is 22.5. The second-order valence-corrected chi connectivity index (χ2v) is 15.1. The van der Waals surface area contributed by atoms with Gasteiger partial charge in [0.2, 0.25) is 11.9 Å². The number of fused-ring (bicyclic) bond motifs is 2. The van der Waals surface area contributed by atoms with E-state index in [2.05, 4.69) is 43.3 Å². The first-order valence-electron chi connectivity index (χ1n) is 22.5. The van der Waals surface area contributed by atoms with E-state index in [4.69, 9.17) is 31.7 Å². The van der Waals surface area contributed by atoms with Crippen molar-refractivity contribution in [2.24, 2.45) is 27.2 Å². The Kier molecular flexibility index (Phi) is 23.6. The van der Waals surface area contributed by atoms with E-state index in [0.29, 0.717) is 113 Å². The molecule has 21 heteroatoms. The van der Waals surface area contributed by atoms with Gasteiger partial charge in [-0.2, -0.15) is 10.2 Å². The molecule has 0 saturated heterocycles. The topological polar surface area (TPSA) is 296 Å². The molecule has 10 N–H and O–H groups in total. The third kappa shape index (κ3) is 16.1. The number of imidazole rings is 1. The number of aromatic nitrogens is 6. The Labute approximate surface area is 414 Å². The molecule has 0 aliphatic carbocycles. The maximum absolute atomic E-state index is 12.2. The number of carbonyl (C=O) groups excluding carboxylic acids is 4. The van der Waals surface area contributed by atoms with Crippen LogP contribution in [-0.4, -0.2) is 121 Å². The van der Waals surface area contributed by atoms with Crippen LogP contribution in [0.1, 0.15) is 57.7 Å². The average molecular weight is 974 g/mol. The zero-order chi connectivity index (χ0) is 52.5. The van der Waals surface area contributed by atoms with Crippen LogP contribution in [0, 0.1) is 6.92 Å². The average Bonchev–Trinajstić information content (AvgIpc) is 4.08. The number of nitrogen functional groups attached to an aromatic ring is 1. The Morgan fingerprint density at radius 3 is 2.28 bits per heavy atom. The lowest BCUT2D eigenvalue weighted by molar-refractivity contribution is -0.102. The number of nitrogens with zero attached hydrogens (tertiary/aromatic N) is 9. The van der Waals surface area contributed by atoms with Gasteiger partial charge in [0.1, 0.15) is 41.3 Å². The number of carbonyl (C=O) groups is 4. The minimum atomic E-state index is -0.580. The summed E-state index contributed by atoms with van der Waals surface area (Å²) < 4.78 is 17.3. The highest BCUT2D eigenvalue weighted by atomic mass is 16.5. The van der Waals surface area contributed by atoms with Gasteiger partial charge >= 0.3 is 0 Å². The Morgan fingerprint density at radius 1 is 0.944 bits per heavy atom. The maximum Gasteiger partial charge on any atom is 0.248 e. The molecule has 0 fully saturated rings. The number of rotatable bonds is 22. The van der Waals surface area contributed by atoms with Gasteiger partial charge in [0.15, 0.2) is 12.6 Å². The van der Waals surface area contributed by atoms with E-state index in [1.807, 2.05) is 84.5 Å². The number of primary amides is 1. The molecule has 0 saturated carbocycles. The summed E-state index contributed by atoms with van der Waals surface area (Å²) in [4.78, 5) is 59.0. The monoisotopic (exact) mass is 974 g/mol. The van der Waals surface area contributed by atoms with Crippen LogP contribution in [0.25, 0.3) is 21.9 Å². The quantitative estimate of drug-likeness (QED) is 0.0167. The van der Waals surface area contributed by atoms with Crippen molar-refractivity contribution in [2.45, 2.75) is 47.3 Å². The van der Waals surface area contributed by atoms with Crippen molar-refractivity contribution in [1.82, 2.24) is 34.4 Å². The van der Waals surface area contributed by atoms with E-state index >= 15 is 0 Å². The summed E-state index contributed by atoms with van der Waals surface area (Å²) >= 11 is 0. The summed E-state index contributed by atoms with van der Waals surface area (Å²) in [5.74, 6) is 0.989. The molecule has 0 atom stereocenters. The first-order chi connectivity index (χ1) is 34.3. The number of nitrogens with two attached hydrogens (primary N) is 4. The van der Waals surface area contributed by atoms with Crippen molar-refractivity contribution in [3.8, 4) is 11.5 Å². The number of hydrogen-bond donors (Lipinski definition) is 6. The number of allylic oxidation sites excluding steroid dienone is 4. The molecular formula is C50H67N15O6. The Balaban J connectivity index is 0.000000499. The van der Waals surface area contributed by atoms with Gasteiger partial charge in [-0.05, 0) is 109 Å². The minimum Gasteiger partial charge on any atom is -0.494 e. The second-order valence-electron chi connectivity index (χ2n) is 15.1. The van der Waals surface area contributed by atoms with Crippen LogP contribution in [0.15, 0.2) is 101 Å². The van der Waals surface area contributed by atoms with Crippen molar-refractivity contribution in [3.63, 3.8) is 0 Å². The number of nitrogens with one attached hydrogen (secondary N) is 2. The van der Waals surface area contributed by atoms with Crippen LogP contribution in [0.5, 0.6) is 11.5 Å². The van der Waals surface area contributed by atoms with Crippen molar-refractivity contribution in [2.75, 3.05) is 70.6 Å². The number of aryl methyl sites for hydroxylation is 2. The largest absolute Gasteiger partial charge is 0.494 e. The molecule has 3 aromatic carbocycles. The minimum absolute atomic E-state index is 0.239. The van der Waals surface area contributed by atoms with E-state index in [1.54, 1.807) is 68.4 Å². The normalized spacial score (nSPS) is 11.3. The molecule has 0 radical (unpaired) electrons. The van der Waals surface area contributed by atoms with Gasteiger partial charge in [0.05, 0.1) is 54.6 Å². The molecule has 0 bridgehead atoms. The summed E-state index contributed by atoms with van der Waals surface area (Å²) in [6, 6.07) is 14.1. The maximum atomic E-state index is 12.2. The van der Waals surface area contributed by atoms with E-state index in [9.17, 15) is 19.2 Å². The lowest BCUT2D eigenvalue weighted by Gasteiger charge is -2.26. The first kappa shape index (κ1) is 56.9. The van der Waals surface area contributed by atoms with Crippen LogP contribution < -0.4 is 47.9 Å². The Morgan fingerprint density at radius 2 is 1.69 bits per heavy atom. The number of aliphatic imine (C=N–C) groups is 2. The summed E-state index contributed by atoms with van der Waals surface area (Å²) in [6.07, 6.45) is 13.5. The van der Waals surface area contributed by atoms with Crippen LogP contribution in [0.3, 0.4) is 0 Å². The Bertz CT molecular complexity index is 2850. The number of methoxy groups -OCH3 is 1. The van der Waals surface area contributed by atoms with Crippen molar-refractivity contribution >= 4 is 82.1 Å². The zero-order valence-corrected chi connectivity index (χ0v) is 41.8. The van der Waals surface area contributed by atoms with E-state index in [1.165, 1.54) is 7.05 Å². The molecule has 21 nitrogen and oxygen atoms in total. The van der Waals surface area contributed by atoms with Crippen molar-refractivity contribution in [3.05, 3.63) is 113 Å². The number of amides is 1. The predicted molar refractivity (Wildman–Crippen MR) is 285 cm³/mol. The number of ether oxygens (including phenoxy) is 2. The molecular weight excluding hydrogens is 907 g/mol. The molecule has 0 aliphatic heterocycles. The second kappa shape index (κ2) is 29.5. The van der Waals surface area contributed by atoms with Crippen molar-refractivity contribution < 1.29 is 28.7 Å². The molecule has 6 rings (SSSR count). The molecule has 0 unspecified atom stereocenters. The van der Waals surface area contributed by atoms with Crippen LogP contribution >= 0.6 is 0 Å². The lowest BCUT2D eigenvalue weighted by atomic mass is 10.1. The van der Waals surface area contributed by atoms with Gasteiger partial charge in [0.25, 0.3) is 0 Å². The smallest absolute Gasteiger partial charge is 0.248 e. The molecule has 378 valence electrons. The summed E-state index contributed by atoms with van der Waals surface area (Å²) in [5.41, 5.74) is 28.8. The van der Waals surface area contributed by atoms with Crippen molar-refractivity contribution in [1.29, 1.82) is 0 Å². The molecule has 0 spiro atoms. The van der Waals surface area contributed by atoms with E-state index < -0.39 is 5.91 Å². The summed E-state index contributed by atoms with van der Waals surface area (Å²) in [6.45, 7) is 14.6.